The third-order valence-corrected chi connectivity index (χ3v) is 10.8. The zero-order valence-electron chi connectivity index (χ0n) is 10.8. The monoisotopic (exact) mass is 236 g/mol. The Hall–Kier alpha value is 0.350. The fourth-order valence-electron chi connectivity index (χ4n) is 6.71. The second-order valence-corrected chi connectivity index (χ2v) is 12.2. The van der Waals surface area contributed by atoms with Crippen LogP contribution in [0, 0.1) is 40.4 Å². The van der Waals surface area contributed by atoms with Crippen molar-refractivity contribution >= 4 is 10.0 Å². The Kier molecular flexibility index (Phi) is 1.25. The molecule has 7 unspecified atom stereocenters. The second kappa shape index (κ2) is 2.15. The maximum absolute atomic E-state index is 2.63. The van der Waals surface area contributed by atoms with Crippen molar-refractivity contribution in [3.63, 3.8) is 0 Å². The fraction of sp³-hybridized carbons (Fsp3) is 1.00. The van der Waals surface area contributed by atoms with E-state index in [4.69, 9.17) is 0 Å². The topological polar surface area (TPSA) is 0 Å². The van der Waals surface area contributed by atoms with E-state index in [-0.39, 0.29) is 10.0 Å². The van der Waals surface area contributed by atoms with Crippen molar-refractivity contribution in [2.24, 2.45) is 40.4 Å². The highest BCUT2D eigenvalue weighted by Gasteiger charge is 2.90. The summed E-state index contributed by atoms with van der Waals surface area (Å²) in [5, 5.41) is 0. The molecule has 4 aliphatic carbocycles. The van der Waals surface area contributed by atoms with Crippen molar-refractivity contribution in [2.45, 2.75) is 26.7 Å². The smallest absolute Gasteiger partial charge is 0.0153 e. The van der Waals surface area contributed by atoms with Crippen LogP contribution in [0.2, 0.25) is 0 Å². The highest BCUT2D eigenvalue weighted by molar-refractivity contribution is 8.38. The highest BCUT2D eigenvalue weighted by atomic mass is 32.3. The van der Waals surface area contributed by atoms with Gasteiger partial charge in [-0.2, -0.15) is 0 Å². The van der Waals surface area contributed by atoms with Crippen LogP contribution in [0.25, 0.3) is 0 Å². The third kappa shape index (κ3) is 0.726. The molecule has 0 N–H and O–H groups in total. The molecule has 1 aliphatic heterocycles. The van der Waals surface area contributed by atoms with Gasteiger partial charge in [-0.3, -0.25) is 0 Å². The first-order chi connectivity index (χ1) is 7.54. The number of rotatable bonds is 2. The summed E-state index contributed by atoms with van der Waals surface area (Å²) in [6, 6.07) is 0. The highest BCUT2D eigenvalue weighted by Crippen LogP contribution is 2.95. The van der Waals surface area contributed by atoms with E-state index in [2.05, 4.69) is 20.1 Å². The van der Waals surface area contributed by atoms with E-state index in [0.717, 1.165) is 22.7 Å². The van der Waals surface area contributed by atoms with Crippen LogP contribution in [0.1, 0.15) is 26.7 Å². The lowest BCUT2D eigenvalue weighted by Gasteiger charge is -2.27. The average Bonchev–Trinajstić information content (AvgIpc) is 3.12. The normalized spacial score (nSPS) is 73.1. The van der Waals surface area contributed by atoms with Gasteiger partial charge in [0.15, 0.2) is 0 Å². The Bertz CT molecular complexity index is 398. The van der Waals surface area contributed by atoms with Crippen LogP contribution in [0.5, 0.6) is 0 Å². The van der Waals surface area contributed by atoms with E-state index in [1.54, 1.807) is 30.1 Å². The Labute approximate surface area is 101 Å². The van der Waals surface area contributed by atoms with Gasteiger partial charge < -0.3 is 0 Å². The van der Waals surface area contributed by atoms with E-state index in [9.17, 15) is 0 Å². The standard InChI is InChI=1S/C15H24S/c1-9-12-13-10(2)15(13)8-14(9,12)6-11(15)7-16(3)4-5-16/h9-13H,4-8H2,1-3H3. The molecular weight excluding hydrogens is 212 g/mol. The molecule has 0 aromatic heterocycles. The van der Waals surface area contributed by atoms with Gasteiger partial charge in [0.05, 0.1) is 0 Å². The van der Waals surface area contributed by atoms with Crippen LogP contribution in [0.3, 0.4) is 0 Å². The molecule has 1 heteroatoms. The molecule has 2 spiro atoms. The van der Waals surface area contributed by atoms with Gasteiger partial charge in [-0.1, -0.05) is 13.8 Å². The molecule has 5 aliphatic rings. The van der Waals surface area contributed by atoms with Crippen molar-refractivity contribution in [1.82, 2.24) is 0 Å². The van der Waals surface area contributed by atoms with Gasteiger partial charge in [-0.25, -0.2) is 10.0 Å². The van der Waals surface area contributed by atoms with Crippen molar-refractivity contribution in [1.29, 1.82) is 0 Å². The number of hydrogen-bond acceptors (Lipinski definition) is 0. The molecule has 0 nitrogen and oxygen atoms in total. The van der Waals surface area contributed by atoms with Crippen molar-refractivity contribution in [3.8, 4) is 0 Å². The van der Waals surface area contributed by atoms with Gasteiger partial charge >= 0.3 is 0 Å². The molecule has 1 heterocycles. The lowest BCUT2D eigenvalue weighted by atomic mass is 9.89. The molecule has 0 aromatic rings. The zero-order chi connectivity index (χ0) is 10.9. The van der Waals surface area contributed by atoms with Crippen LogP contribution in [-0.2, 0) is 0 Å². The largest absolute Gasteiger partial charge is 0.242 e. The van der Waals surface area contributed by atoms with Crippen LogP contribution < -0.4 is 0 Å². The molecular formula is C15H24S. The van der Waals surface area contributed by atoms with Gasteiger partial charge in [0.2, 0.25) is 0 Å². The van der Waals surface area contributed by atoms with Crippen molar-refractivity contribution in [3.05, 3.63) is 0 Å². The Morgan fingerprint density at radius 2 is 1.88 bits per heavy atom. The van der Waals surface area contributed by atoms with Crippen LogP contribution in [0.15, 0.2) is 0 Å². The van der Waals surface area contributed by atoms with E-state index < -0.39 is 0 Å². The van der Waals surface area contributed by atoms with Crippen molar-refractivity contribution < 1.29 is 0 Å². The predicted octanol–water partition coefficient (Wildman–Crippen LogP) is 3.36. The minimum Gasteiger partial charge on any atom is -0.242 e. The van der Waals surface area contributed by atoms with Crippen LogP contribution in [-0.4, -0.2) is 23.5 Å². The Morgan fingerprint density at radius 3 is 2.50 bits per heavy atom. The van der Waals surface area contributed by atoms with Gasteiger partial charge in [0.25, 0.3) is 0 Å². The molecule has 7 atom stereocenters. The first kappa shape index (κ1) is 9.30. The Morgan fingerprint density at radius 1 is 1.12 bits per heavy atom. The van der Waals surface area contributed by atoms with Gasteiger partial charge in [-0.15, -0.1) is 0 Å². The number of hydrogen-bond donors (Lipinski definition) is 0. The van der Waals surface area contributed by atoms with E-state index in [1.807, 2.05) is 0 Å². The molecule has 90 valence electrons. The third-order valence-electron chi connectivity index (χ3n) is 7.81. The summed E-state index contributed by atoms with van der Waals surface area (Å²) in [7, 11) is -0.0406. The molecule has 5 rings (SSSR count). The van der Waals surface area contributed by atoms with Gasteiger partial charge in [-0.05, 0) is 76.8 Å². The molecule has 1 saturated heterocycles. The quantitative estimate of drug-likeness (QED) is 0.645. The fourth-order valence-corrected chi connectivity index (χ4v) is 9.58. The summed E-state index contributed by atoms with van der Waals surface area (Å²) in [6.07, 6.45) is 5.95. The molecule has 2 bridgehead atoms. The Balaban J connectivity index is 1.50. The predicted molar refractivity (Wildman–Crippen MR) is 71.0 cm³/mol. The van der Waals surface area contributed by atoms with Crippen molar-refractivity contribution in [2.75, 3.05) is 23.5 Å². The molecule has 0 radical (unpaired) electrons. The minimum absolute atomic E-state index is 0.0406. The molecule has 16 heavy (non-hydrogen) atoms. The zero-order valence-corrected chi connectivity index (χ0v) is 11.6. The van der Waals surface area contributed by atoms with Crippen LogP contribution >= 0.6 is 10.0 Å². The lowest BCUT2D eigenvalue weighted by molar-refractivity contribution is 0.333. The summed E-state index contributed by atoms with van der Waals surface area (Å²) >= 11 is 0. The minimum atomic E-state index is -0.0406. The summed E-state index contributed by atoms with van der Waals surface area (Å²) in [5.41, 5.74) is 1.82. The van der Waals surface area contributed by atoms with Gasteiger partial charge in [0.1, 0.15) is 0 Å². The molecule has 0 amide bonds. The summed E-state index contributed by atoms with van der Waals surface area (Å²) < 4.78 is 0. The van der Waals surface area contributed by atoms with Gasteiger partial charge in [0, 0.05) is 0 Å². The molecule has 4 saturated carbocycles. The second-order valence-electron chi connectivity index (χ2n) is 8.11. The summed E-state index contributed by atoms with van der Waals surface area (Å²) in [5.74, 6) is 10.7. The summed E-state index contributed by atoms with van der Waals surface area (Å²) in [4.78, 5) is 0. The summed E-state index contributed by atoms with van der Waals surface area (Å²) in [6.45, 7) is 5.15. The lowest BCUT2D eigenvalue weighted by Crippen LogP contribution is -2.18. The maximum Gasteiger partial charge on any atom is -0.0153 e. The average molecular weight is 236 g/mol. The van der Waals surface area contributed by atoms with Crippen LogP contribution in [0.4, 0.5) is 0 Å². The molecule has 5 fully saturated rings. The maximum atomic E-state index is 2.63. The van der Waals surface area contributed by atoms with E-state index in [0.29, 0.717) is 0 Å². The SMILES string of the molecule is CC1C2C3C(C)C34CC12CC4CS1(C)CC1. The number of fused-ring (bicyclic) bond motifs is 1. The molecule has 0 aromatic carbocycles. The first-order valence-corrected chi connectivity index (χ1v) is 9.80. The first-order valence-electron chi connectivity index (χ1n) is 7.25. The van der Waals surface area contributed by atoms with E-state index in [1.165, 1.54) is 17.8 Å². The van der Waals surface area contributed by atoms with E-state index >= 15 is 0 Å².